The van der Waals surface area contributed by atoms with Crippen LogP contribution in [0, 0.1) is 17.3 Å². The summed E-state index contributed by atoms with van der Waals surface area (Å²) in [5, 5.41) is 30.2. The Kier molecular flexibility index (Phi) is 2.91. The third-order valence-corrected chi connectivity index (χ3v) is 5.60. The first-order valence-electron chi connectivity index (χ1n) is 7.44. The lowest BCUT2D eigenvalue weighted by Gasteiger charge is -2.41. The van der Waals surface area contributed by atoms with Gasteiger partial charge < -0.3 is 25.6 Å². The van der Waals surface area contributed by atoms with E-state index in [0.717, 1.165) is 6.42 Å². The summed E-state index contributed by atoms with van der Waals surface area (Å²) in [5.74, 6) is 0.360. The molecule has 8 heteroatoms. The van der Waals surface area contributed by atoms with E-state index in [2.05, 4.69) is 15.0 Å². The van der Waals surface area contributed by atoms with Gasteiger partial charge >= 0.3 is 0 Å². The highest BCUT2D eigenvalue weighted by atomic mass is 16.3. The molecule has 0 saturated heterocycles. The third-order valence-electron chi connectivity index (χ3n) is 5.60. The van der Waals surface area contributed by atoms with Gasteiger partial charge in [-0.15, -0.1) is 0 Å². The number of nitrogen functional groups attached to an aromatic ring is 1. The molecule has 2 saturated carbocycles. The van der Waals surface area contributed by atoms with Gasteiger partial charge in [-0.2, -0.15) is 0 Å². The number of nitrogens with two attached hydrogens (primary N) is 1. The van der Waals surface area contributed by atoms with Gasteiger partial charge in [0.25, 0.3) is 0 Å². The molecule has 0 aliphatic heterocycles. The van der Waals surface area contributed by atoms with E-state index in [1.54, 1.807) is 6.33 Å². The maximum Gasteiger partial charge on any atom is 0.165 e. The predicted molar refractivity (Wildman–Crippen MR) is 77.6 cm³/mol. The zero-order valence-corrected chi connectivity index (χ0v) is 12.0. The zero-order valence-electron chi connectivity index (χ0n) is 12.0. The van der Waals surface area contributed by atoms with Crippen molar-refractivity contribution in [3.63, 3.8) is 0 Å². The summed E-state index contributed by atoms with van der Waals surface area (Å²) in [6.07, 6.45) is 3.88. The first-order valence-corrected chi connectivity index (χ1v) is 7.44. The summed E-state index contributed by atoms with van der Waals surface area (Å²) in [7, 11) is 0. The minimum absolute atomic E-state index is 0.0175. The number of hydrogen-bond donors (Lipinski definition) is 4. The van der Waals surface area contributed by atoms with E-state index in [0.29, 0.717) is 23.4 Å². The molecule has 118 valence electrons. The van der Waals surface area contributed by atoms with Gasteiger partial charge in [-0.05, 0) is 24.7 Å². The highest BCUT2D eigenvalue weighted by Gasteiger charge is 2.60. The molecule has 0 amide bonds. The summed E-state index contributed by atoms with van der Waals surface area (Å²) >= 11 is 0. The lowest BCUT2D eigenvalue weighted by atomic mass is 9.71. The number of imidazole rings is 1. The van der Waals surface area contributed by atoms with Gasteiger partial charge in [-0.25, -0.2) is 15.0 Å². The Morgan fingerprint density at radius 2 is 2.05 bits per heavy atom. The first kappa shape index (κ1) is 13.9. The number of hydrogen-bond acceptors (Lipinski definition) is 7. The Balaban J connectivity index is 1.82. The molecule has 2 aliphatic rings. The second-order valence-corrected chi connectivity index (χ2v) is 6.55. The topological polar surface area (TPSA) is 130 Å². The smallest absolute Gasteiger partial charge is 0.165 e. The van der Waals surface area contributed by atoms with Crippen LogP contribution >= 0.6 is 0 Å². The summed E-state index contributed by atoms with van der Waals surface area (Å²) in [6, 6.07) is -0.266. The lowest BCUT2D eigenvalue weighted by Crippen LogP contribution is -2.45. The van der Waals surface area contributed by atoms with Crippen LogP contribution in [0.25, 0.3) is 11.2 Å². The Hall–Kier alpha value is -1.77. The minimum atomic E-state index is -0.552. The SMILES string of the molecule is Nc1ncnc2c1ncn2[C@@H]1[C@@H](O)[C@@H]2C[C@H]1C(CO)(CO)C2. The molecule has 5 N–H and O–H groups in total. The fourth-order valence-corrected chi connectivity index (χ4v) is 4.47. The summed E-state index contributed by atoms with van der Waals surface area (Å²) < 4.78 is 1.82. The van der Waals surface area contributed by atoms with Crippen molar-refractivity contribution in [2.24, 2.45) is 17.3 Å². The Morgan fingerprint density at radius 1 is 1.27 bits per heavy atom. The molecule has 2 bridgehead atoms. The van der Waals surface area contributed by atoms with Crippen LogP contribution in [-0.4, -0.2) is 54.2 Å². The van der Waals surface area contributed by atoms with Crippen molar-refractivity contribution in [1.82, 2.24) is 19.5 Å². The van der Waals surface area contributed by atoms with E-state index in [1.165, 1.54) is 6.33 Å². The highest BCUT2D eigenvalue weighted by Crippen LogP contribution is 2.60. The van der Waals surface area contributed by atoms with Crippen LogP contribution in [0.5, 0.6) is 0 Å². The number of rotatable bonds is 3. The number of aromatic nitrogens is 4. The second-order valence-electron chi connectivity index (χ2n) is 6.55. The molecule has 2 aliphatic carbocycles. The monoisotopic (exact) mass is 305 g/mol. The average Bonchev–Trinajstić information content (AvgIpc) is 3.19. The van der Waals surface area contributed by atoms with Crippen LogP contribution in [0.3, 0.4) is 0 Å². The van der Waals surface area contributed by atoms with E-state index in [-0.39, 0.29) is 31.1 Å². The van der Waals surface area contributed by atoms with Crippen molar-refractivity contribution in [3.05, 3.63) is 12.7 Å². The van der Waals surface area contributed by atoms with Crippen molar-refractivity contribution in [1.29, 1.82) is 0 Å². The molecule has 0 radical (unpaired) electrons. The Morgan fingerprint density at radius 3 is 2.73 bits per heavy atom. The van der Waals surface area contributed by atoms with E-state index in [1.807, 2.05) is 4.57 Å². The van der Waals surface area contributed by atoms with Gasteiger partial charge in [0, 0.05) is 5.41 Å². The van der Waals surface area contributed by atoms with Crippen LogP contribution in [0.15, 0.2) is 12.7 Å². The Labute approximate surface area is 126 Å². The van der Waals surface area contributed by atoms with Gasteiger partial charge in [0.05, 0.1) is 31.7 Å². The second kappa shape index (κ2) is 4.61. The van der Waals surface area contributed by atoms with E-state index in [4.69, 9.17) is 5.73 Å². The molecule has 4 atom stereocenters. The van der Waals surface area contributed by atoms with Gasteiger partial charge in [-0.1, -0.05) is 0 Å². The van der Waals surface area contributed by atoms with Crippen molar-refractivity contribution < 1.29 is 15.3 Å². The largest absolute Gasteiger partial charge is 0.396 e. The van der Waals surface area contributed by atoms with Gasteiger partial charge in [0.2, 0.25) is 0 Å². The molecule has 8 nitrogen and oxygen atoms in total. The van der Waals surface area contributed by atoms with Crippen molar-refractivity contribution in [2.45, 2.75) is 25.0 Å². The normalized spacial score (nSPS) is 32.9. The summed E-state index contributed by atoms with van der Waals surface area (Å²) in [6.45, 7) is -0.171. The Bertz CT molecular complexity index is 714. The first-order chi connectivity index (χ1) is 10.6. The average molecular weight is 305 g/mol. The fraction of sp³-hybridized carbons (Fsp3) is 0.643. The van der Waals surface area contributed by atoms with Crippen LogP contribution in [-0.2, 0) is 0 Å². The molecule has 4 rings (SSSR count). The number of anilines is 1. The molecule has 2 heterocycles. The number of fused-ring (bicyclic) bond motifs is 3. The molecule has 2 aromatic heterocycles. The van der Waals surface area contributed by atoms with Crippen molar-refractivity contribution >= 4 is 17.0 Å². The molecular formula is C14H19N5O3. The molecule has 2 fully saturated rings. The number of aliphatic hydroxyl groups is 3. The molecule has 0 aromatic carbocycles. The lowest BCUT2D eigenvalue weighted by molar-refractivity contribution is -0.0516. The quantitative estimate of drug-likeness (QED) is 0.591. The van der Waals surface area contributed by atoms with Gasteiger partial charge in [-0.3, -0.25) is 0 Å². The maximum atomic E-state index is 10.6. The van der Waals surface area contributed by atoms with Crippen molar-refractivity contribution in [3.8, 4) is 0 Å². The number of aliphatic hydroxyl groups excluding tert-OH is 3. The maximum absolute atomic E-state index is 10.6. The van der Waals surface area contributed by atoms with Crippen LogP contribution in [0.2, 0.25) is 0 Å². The summed E-state index contributed by atoms with van der Waals surface area (Å²) in [5.41, 5.74) is 6.35. The van der Waals surface area contributed by atoms with E-state index < -0.39 is 11.5 Å². The molecule has 22 heavy (non-hydrogen) atoms. The van der Waals surface area contributed by atoms with Crippen LogP contribution in [0.1, 0.15) is 18.9 Å². The van der Waals surface area contributed by atoms with E-state index >= 15 is 0 Å². The molecule has 2 aromatic rings. The van der Waals surface area contributed by atoms with Gasteiger partial charge in [0.15, 0.2) is 11.5 Å². The van der Waals surface area contributed by atoms with Gasteiger partial charge in [0.1, 0.15) is 11.8 Å². The van der Waals surface area contributed by atoms with E-state index in [9.17, 15) is 15.3 Å². The number of nitrogens with zero attached hydrogens (tertiary/aromatic N) is 4. The highest BCUT2D eigenvalue weighted by molar-refractivity contribution is 5.81. The fourth-order valence-electron chi connectivity index (χ4n) is 4.47. The molecule has 0 spiro atoms. The predicted octanol–water partition coefficient (Wildman–Crippen LogP) is -0.679. The summed E-state index contributed by atoms with van der Waals surface area (Å²) in [4.78, 5) is 12.4. The molecular weight excluding hydrogens is 286 g/mol. The standard InChI is InChI=1S/C14H19N5O3/c15-12-9-13(17-5-16-12)19(6-18-9)10-8-1-7(11(10)22)2-14(8,3-20)4-21/h5-8,10-11,20-22H,1-4H2,(H2,15,16,17)/t7-,8-,10+,11+/m1/s1. The van der Waals surface area contributed by atoms with Crippen LogP contribution in [0.4, 0.5) is 5.82 Å². The zero-order chi connectivity index (χ0) is 15.5. The van der Waals surface area contributed by atoms with Crippen molar-refractivity contribution in [2.75, 3.05) is 18.9 Å². The van der Waals surface area contributed by atoms with Crippen LogP contribution < -0.4 is 5.73 Å². The third kappa shape index (κ3) is 1.60. The molecule has 0 unspecified atom stereocenters. The minimum Gasteiger partial charge on any atom is -0.396 e.